The standard InChI is InChI=1S/C16H14BrClN2O/c1-20-15-5-3-2-4-11(15)14(19-20)9-16(21)10-6-7-13(18)12(17)8-10/h2-8,16,21H,9H2,1H3. The summed E-state index contributed by atoms with van der Waals surface area (Å²) in [7, 11) is 1.91. The average molecular weight is 366 g/mol. The van der Waals surface area contributed by atoms with Crippen LogP contribution >= 0.6 is 27.5 Å². The van der Waals surface area contributed by atoms with Gasteiger partial charge in [-0.1, -0.05) is 35.9 Å². The Hall–Kier alpha value is -1.36. The van der Waals surface area contributed by atoms with Gasteiger partial charge in [-0.05, 0) is 39.7 Å². The number of hydrogen-bond donors (Lipinski definition) is 1. The highest BCUT2D eigenvalue weighted by Gasteiger charge is 2.15. The third-order valence-electron chi connectivity index (χ3n) is 3.55. The maximum atomic E-state index is 10.4. The molecule has 108 valence electrons. The fourth-order valence-corrected chi connectivity index (χ4v) is 2.97. The van der Waals surface area contributed by atoms with Crippen LogP contribution in [-0.2, 0) is 13.5 Å². The highest BCUT2D eigenvalue weighted by atomic mass is 79.9. The molecular weight excluding hydrogens is 352 g/mol. The molecule has 21 heavy (non-hydrogen) atoms. The molecular formula is C16H14BrClN2O. The Morgan fingerprint density at radius 2 is 2.05 bits per heavy atom. The number of halogens is 2. The normalized spacial score (nSPS) is 12.8. The first-order valence-corrected chi connectivity index (χ1v) is 7.77. The Morgan fingerprint density at radius 3 is 2.81 bits per heavy atom. The van der Waals surface area contributed by atoms with Gasteiger partial charge >= 0.3 is 0 Å². The number of para-hydroxylation sites is 1. The Kier molecular flexibility index (Phi) is 4.02. The summed E-state index contributed by atoms with van der Waals surface area (Å²) in [4.78, 5) is 0. The van der Waals surface area contributed by atoms with Gasteiger partial charge in [0.15, 0.2) is 0 Å². The highest BCUT2D eigenvalue weighted by Crippen LogP contribution is 2.28. The number of fused-ring (bicyclic) bond motifs is 1. The van der Waals surface area contributed by atoms with Crippen LogP contribution in [0.4, 0.5) is 0 Å². The third kappa shape index (κ3) is 2.84. The van der Waals surface area contributed by atoms with Crippen LogP contribution in [-0.4, -0.2) is 14.9 Å². The predicted octanol–water partition coefficient (Wildman–Crippen LogP) is 4.27. The van der Waals surface area contributed by atoms with Gasteiger partial charge in [-0.2, -0.15) is 5.10 Å². The quantitative estimate of drug-likeness (QED) is 0.753. The number of rotatable bonds is 3. The van der Waals surface area contributed by atoms with E-state index in [1.54, 1.807) is 6.07 Å². The number of aryl methyl sites for hydroxylation is 1. The average Bonchev–Trinajstić information content (AvgIpc) is 2.79. The largest absolute Gasteiger partial charge is 0.388 e. The van der Waals surface area contributed by atoms with Gasteiger partial charge in [-0.3, -0.25) is 4.68 Å². The summed E-state index contributed by atoms with van der Waals surface area (Å²) in [5, 5.41) is 16.7. The first kappa shape index (κ1) is 14.6. The molecule has 1 atom stereocenters. The molecule has 0 aliphatic heterocycles. The van der Waals surface area contributed by atoms with Crippen molar-refractivity contribution in [2.45, 2.75) is 12.5 Å². The van der Waals surface area contributed by atoms with Crippen LogP contribution in [0.1, 0.15) is 17.4 Å². The van der Waals surface area contributed by atoms with Crippen molar-refractivity contribution in [3.05, 3.63) is 63.2 Å². The van der Waals surface area contributed by atoms with Crippen molar-refractivity contribution in [2.75, 3.05) is 0 Å². The first-order valence-electron chi connectivity index (χ1n) is 6.60. The lowest BCUT2D eigenvalue weighted by atomic mass is 10.0. The third-order valence-corrected chi connectivity index (χ3v) is 4.76. The number of aliphatic hydroxyl groups is 1. The Balaban J connectivity index is 1.92. The molecule has 1 N–H and O–H groups in total. The second-order valence-electron chi connectivity index (χ2n) is 4.98. The lowest BCUT2D eigenvalue weighted by Gasteiger charge is -2.10. The Labute approximate surface area is 136 Å². The molecule has 2 aromatic carbocycles. The summed E-state index contributed by atoms with van der Waals surface area (Å²) in [6, 6.07) is 13.5. The molecule has 0 saturated heterocycles. The van der Waals surface area contributed by atoms with Crippen LogP contribution < -0.4 is 0 Å². The van der Waals surface area contributed by atoms with E-state index in [1.807, 2.05) is 48.1 Å². The molecule has 3 nitrogen and oxygen atoms in total. The maximum absolute atomic E-state index is 10.4. The summed E-state index contributed by atoms with van der Waals surface area (Å²) in [5.41, 5.74) is 2.78. The molecule has 0 spiro atoms. The zero-order valence-corrected chi connectivity index (χ0v) is 13.8. The smallest absolute Gasteiger partial charge is 0.0846 e. The molecule has 0 amide bonds. The minimum atomic E-state index is -0.614. The number of aromatic nitrogens is 2. The number of benzene rings is 2. The van der Waals surface area contributed by atoms with Gasteiger partial charge in [0.2, 0.25) is 0 Å². The topological polar surface area (TPSA) is 38.0 Å². The second-order valence-corrected chi connectivity index (χ2v) is 6.24. The zero-order valence-electron chi connectivity index (χ0n) is 11.4. The summed E-state index contributed by atoms with van der Waals surface area (Å²) in [5.74, 6) is 0. The molecule has 5 heteroatoms. The van der Waals surface area contributed by atoms with Crippen LogP contribution in [0.25, 0.3) is 10.9 Å². The lowest BCUT2D eigenvalue weighted by Crippen LogP contribution is -2.03. The van der Waals surface area contributed by atoms with Crippen molar-refractivity contribution in [3.8, 4) is 0 Å². The SMILES string of the molecule is Cn1nc(CC(O)c2ccc(Cl)c(Br)c2)c2ccccc21. The van der Waals surface area contributed by atoms with E-state index < -0.39 is 6.10 Å². The summed E-state index contributed by atoms with van der Waals surface area (Å²) in [6.07, 6.45) is -0.146. The van der Waals surface area contributed by atoms with E-state index in [0.717, 1.165) is 26.6 Å². The van der Waals surface area contributed by atoms with E-state index in [0.29, 0.717) is 11.4 Å². The van der Waals surface area contributed by atoms with E-state index in [-0.39, 0.29) is 0 Å². The van der Waals surface area contributed by atoms with Crippen LogP contribution in [0, 0.1) is 0 Å². The molecule has 1 aromatic heterocycles. The molecule has 1 unspecified atom stereocenters. The van der Waals surface area contributed by atoms with E-state index >= 15 is 0 Å². The predicted molar refractivity (Wildman–Crippen MR) is 88.5 cm³/mol. The van der Waals surface area contributed by atoms with Crippen LogP contribution in [0.3, 0.4) is 0 Å². The van der Waals surface area contributed by atoms with Crippen LogP contribution in [0.15, 0.2) is 46.9 Å². The summed E-state index contributed by atoms with van der Waals surface area (Å²) >= 11 is 9.36. The number of nitrogens with zero attached hydrogens (tertiary/aromatic N) is 2. The molecule has 0 radical (unpaired) electrons. The summed E-state index contributed by atoms with van der Waals surface area (Å²) < 4.78 is 2.63. The van der Waals surface area contributed by atoms with Crippen molar-refractivity contribution >= 4 is 38.4 Å². The lowest BCUT2D eigenvalue weighted by molar-refractivity contribution is 0.177. The van der Waals surface area contributed by atoms with Crippen LogP contribution in [0.2, 0.25) is 5.02 Å². The van der Waals surface area contributed by atoms with E-state index in [9.17, 15) is 5.11 Å². The van der Waals surface area contributed by atoms with Gasteiger partial charge < -0.3 is 5.11 Å². The molecule has 0 bridgehead atoms. The monoisotopic (exact) mass is 364 g/mol. The summed E-state index contributed by atoms with van der Waals surface area (Å²) in [6.45, 7) is 0. The maximum Gasteiger partial charge on any atom is 0.0846 e. The van der Waals surface area contributed by atoms with Crippen molar-refractivity contribution in [1.82, 2.24) is 9.78 Å². The van der Waals surface area contributed by atoms with Gasteiger partial charge in [0, 0.05) is 23.3 Å². The van der Waals surface area contributed by atoms with Gasteiger partial charge in [-0.15, -0.1) is 0 Å². The minimum absolute atomic E-state index is 0.468. The van der Waals surface area contributed by atoms with Crippen LogP contribution in [0.5, 0.6) is 0 Å². The second kappa shape index (κ2) is 5.79. The number of aliphatic hydroxyl groups excluding tert-OH is 1. The van der Waals surface area contributed by atoms with Crippen molar-refractivity contribution in [2.24, 2.45) is 7.05 Å². The fourth-order valence-electron chi connectivity index (χ4n) is 2.46. The molecule has 0 fully saturated rings. The van der Waals surface area contributed by atoms with Gasteiger partial charge in [-0.25, -0.2) is 0 Å². The highest BCUT2D eigenvalue weighted by molar-refractivity contribution is 9.10. The van der Waals surface area contributed by atoms with E-state index in [1.165, 1.54) is 0 Å². The Morgan fingerprint density at radius 1 is 1.29 bits per heavy atom. The molecule has 3 rings (SSSR count). The molecule has 0 saturated carbocycles. The van der Waals surface area contributed by atoms with Crippen molar-refractivity contribution in [3.63, 3.8) is 0 Å². The van der Waals surface area contributed by atoms with E-state index in [2.05, 4.69) is 21.0 Å². The molecule has 1 heterocycles. The van der Waals surface area contributed by atoms with Crippen molar-refractivity contribution < 1.29 is 5.11 Å². The van der Waals surface area contributed by atoms with Gasteiger partial charge in [0.25, 0.3) is 0 Å². The molecule has 0 aliphatic carbocycles. The number of hydrogen-bond acceptors (Lipinski definition) is 2. The molecule has 0 aliphatic rings. The van der Waals surface area contributed by atoms with Gasteiger partial charge in [0.1, 0.15) is 0 Å². The minimum Gasteiger partial charge on any atom is -0.388 e. The first-order chi connectivity index (χ1) is 10.1. The fraction of sp³-hybridized carbons (Fsp3) is 0.188. The van der Waals surface area contributed by atoms with E-state index in [4.69, 9.17) is 11.6 Å². The molecule has 3 aromatic rings. The zero-order chi connectivity index (χ0) is 15.0. The van der Waals surface area contributed by atoms with Crippen molar-refractivity contribution in [1.29, 1.82) is 0 Å². The Bertz CT molecular complexity index is 800. The van der Waals surface area contributed by atoms with Gasteiger partial charge in [0.05, 0.1) is 22.3 Å².